The normalized spacial score (nSPS) is 17.1. The highest BCUT2D eigenvalue weighted by atomic mass is 16.5. The van der Waals surface area contributed by atoms with Crippen LogP contribution in [-0.2, 0) is 9.59 Å². The van der Waals surface area contributed by atoms with Gasteiger partial charge in [-0.3, -0.25) is 19.2 Å². The predicted molar refractivity (Wildman–Crippen MR) is 89.4 cm³/mol. The Morgan fingerprint density at radius 2 is 2.16 bits per heavy atom. The lowest BCUT2D eigenvalue weighted by atomic mass is 10.1. The number of aromatic nitrogens is 3. The quantitative estimate of drug-likeness (QED) is 0.821. The molecule has 0 bridgehead atoms. The Kier molecular flexibility index (Phi) is 3.67. The number of anilines is 1. The second-order valence-corrected chi connectivity index (χ2v) is 6.42. The third-order valence-electron chi connectivity index (χ3n) is 4.56. The SMILES string of the molecule is Cc1cc(C)n(C2CN(C(=O)CN3C(=O)COc4cccnc43)C2)n1. The average Bonchev–Trinajstić information content (AvgIpc) is 2.87. The van der Waals surface area contributed by atoms with E-state index in [4.69, 9.17) is 4.74 Å². The number of fused-ring (bicyclic) bond motifs is 1. The number of pyridine rings is 1. The van der Waals surface area contributed by atoms with E-state index in [1.807, 2.05) is 24.6 Å². The standard InChI is InChI=1S/C17H19N5O3/c1-11-6-12(2)22(19-11)13-7-20(8-13)15(23)9-21-16(24)10-25-14-4-3-5-18-17(14)21/h3-6,13H,7-10H2,1-2H3. The molecule has 2 aromatic rings. The fourth-order valence-corrected chi connectivity index (χ4v) is 3.26. The van der Waals surface area contributed by atoms with Crippen molar-refractivity contribution in [2.45, 2.75) is 19.9 Å². The lowest BCUT2D eigenvalue weighted by molar-refractivity contribution is -0.137. The van der Waals surface area contributed by atoms with Gasteiger partial charge in [0.25, 0.3) is 5.91 Å². The van der Waals surface area contributed by atoms with Gasteiger partial charge in [-0.1, -0.05) is 0 Å². The van der Waals surface area contributed by atoms with Crippen LogP contribution >= 0.6 is 0 Å². The zero-order valence-corrected chi connectivity index (χ0v) is 14.2. The fraction of sp³-hybridized carbons (Fsp3) is 0.412. The molecular formula is C17H19N5O3. The summed E-state index contributed by atoms with van der Waals surface area (Å²) in [5.74, 6) is 0.585. The Morgan fingerprint density at radius 3 is 2.88 bits per heavy atom. The van der Waals surface area contributed by atoms with Gasteiger partial charge in [0.05, 0.1) is 11.7 Å². The van der Waals surface area contributed by atoms with Crippen molar-refractivity contribution in [3.05, 3.63) is 35.8 Å². The molecule has 8 heteroatoms. The molecule has 25 heavy (non-hydrogen) atoms. The molecular weight excluding hydrogens is 322 g/mol. The van der Waals surface area contributed by atoms with E-state index >= 15 is 0 Å². The molecule has 0 radical (unpaired) electrons. The Morgan fingerprint density at radius 1 is 1.36 bits per heavy atom. The summed E-state index contributed by atoms with van der Waals surface area (Å²) >= 11 is 0. The summed E-state index contributed by atoms with van der Waals surface area (Å²) in [6.45, 7) is 5.10. The molecule has 1 fully saturated rings. The fourth-order valence-electron chi connectivity index (χ4n) is 3.26. The van der Waals surface area contributed by atoms with Gasteiger partial charge < -0.3 is 9.64 Å². The number of nitrogens with zero attached hydrogens (tertiary/aromatic N) is 5. The van der Waals surface area contributed by atoms with E-state index in [-0.39, 0.29) is 31.0 Å². The first-order valence-electron chi connectivity index (χ1n) is 8.21. The molecule has 0 aliphatic carbocycles. The smallest absolute Gasteiger partial charge is 0.266 e. The highest BCUT2D eigenvalue weighted by Gasteiger charge is 2.36. The summed E-state index contributed by atoms with van der Waals surface area (Å²) in [5.41, 5.74) is 2.07. The minimum atomic E-state index is -0.254. The number of hydrogen-bond donors (Lipinski definition) is 0. The summed E-state index contributed by atoms with van der Waals surface area (Å²) in [6.07, 6.45) is 1.58. The number of ether oxygens (including phenoxy) is 1. The first-order valence-corrected chi connectivity index (χ1v) is 8.21. The van der Waals surface area contributed by atoms with Crippen LogP contribution in [0.25, 0.3) is 0 Å². The maximum atomic E-state index is 12.5. The second-order valence-electron chi connectivity index (χ2n) is 6.42. The molecule has 2 amide bonds. The van der Waals surface area contributed by atoms with Crippen molar-refractivity contribution < 1.29 is 14.3 Å². The van der Waals surface area contributed by atoms with Crippen molar-refractivity contribution in [2.75, 3.05) is 31.1 Å². The maximum Gasteiger partial charge on any atom is 0.266 e. The molecule has 1 saturated heterocycles. The monoisotopic (exact) mass is 341 g/mol. The molecule has 2 aliphatic rings. The van der Waals surface area contributed by atoms with E-state index in [1.165, 1.54) is 4.90 Å². The van der Waals surface area contributed by atoms with Gasteiger partial charge in [0.1, 0.15) is 6.54 Å². The van der Waals surface area contributed by atoms with Crippen LogP contribution in [0.15, 0.2) is 24.4 Å². The molecule has 0 atom stereocenters. The Labute approximate surface area is 145 Å². The lowest BCUT2D eigenvalue weighted by Gasteiger charge is -2.40. The van der Waals surface area contributed by atoms with E-state index in [0.717, 1.165) is 11.4 Å². The van der Waals surface area contributed by atoms with Gasteiger partial charge in [-0.25, -0.2) is 4.98 Å². The van der Waals surface area contributed by atoms with Crippen molar-refractivity contribution in [2.24, 2.45) is 0 Å². The van der Waals surface area contributed by atoms with E-state index in [9.17, 15) is 9.59 Å². The van der Waals surface area contributed by atoms with E-state index < -0.39 is 0 Å². The van der Waals surface area contributed by atoms with Crippen LogP contribution < -0.4 is 9.64 Å². The number of amides is 2. The topological polar surface area (TPSA) is 80.6 Å². The van der Waals surface area contributed by atoms with Crippen molar-refractivity contribution >= 4 is 17.6 Å². The van der Waals surface area contributed by atoms with Gasteiger partial charge in [-0.2, -0.15) is 5.10 Å². The molecule has 0 spiro atoms. The average molecular weight is 341 g/mol. The van der Waals surface area contributed by atoms with Crippen LogP contribution in [0.2, 0.25) is 0 Å². The lowest BCUT2D eigenvalue weighted by Crippen LogP contribution is -2.55. The zero-order valence-electron chi connectivity index (χ0n) is 14.2. The number of hydrogen-bond acceptors (Lipinski definition) is 5. The zero-order chi connectivity index (χ0) is 17.6. The van der Waals surface area contributed by atoms with Gasteiger partial charge >= 0.3 is 0 Å². The molecule has 130 valence electrons. The molecule has 4 heterocycles. The van der Waals surface area contributed by atoms with Crippen LogP contribution in [0.1, 0.15) is 17.4 Å². The van der Waals surface area contributed by atoms with E-state index in [0.29, 0.717) is 24.7 Å². The predicted octanol–water partition coefficient (Wildman–Crippen LogP) is 0.704. The molecule has 0 aromatic carbocycles. The molecule has 4 rings (SSSR count). The number of rotatable bonds is 3. The highest BCUT2D eigenvalue weighted by Crippen LogP contribution is 2.29. The van der Waals surface area contributed by atoms with Crippen molar-refractivity contribution in [1.82, 2.24) is 19.7 Å². The van der Waals surface area contributed by atoms with Crippen LogP contribution in [0.5, 0.6) is 5.75 Å². The first kappa shape index (κ1) is 15.6. The van der Waals surface area contributed by atoms with Crippen LogP contribution in [0.4, 0.5) is 5.82 Å². The van der Waals surface area contributed by atoms with Crippen LogP contribution in [-0.4, -0.2) is 57.7 Å². The minimum absolute atomic E-state index is 0.0178. The molecule has 0 unspecified atom stereocenters. The summed E-state index contributed by atoms with van der Waals surface area (Å²) in [6, 6.07) is 5.71. The Balaban J connectivity index is 1.42. The minimum Gasteiger partial charge on any atom is -0.480 e. The number of carbonyl (C=O) groups is 2. The van der Waals surface area contributed by atoms with Crippen LogP contribution in [0.3, 0.4) is 0 Å². The number of likely N-dealkylation sites (tertiary alicyclic amines) is 1. The van der Waals surface area contributed by atoms with Gasteiger partial charge in [-0.15, -0.1) is 0 Å². The third-order valence-corrected chi connectivity index (χ3v) is 4.56. The summed E-state index contributed by atoms with van der Waals surface area (Å²) in [7, 11) is 0. The van der Waals surface area contributed by atoms with E-state index in [2.05, 4.69) is 10.1 Å². The van der Waals surface area contributed by atoms with E-state index in [1.54, 1.807) is 23.2 Å². The molecule has 0 saturated carbocycles. The first-order chi connectivity index (χ1) is 12.0. The Hall–Kier alpha value is -2.90. The number of aryl methyl sites for hydroxylation is 2. The Bertz CT molecular complexity index is 841. The third kappa shape index (κ3) is 2.73. The van der Waals surface area contributed by atoms with Gasteiger partial charge in [0.2, 0.25) is 5.91 Å². The van der Waals surface area contributed by atoms with Gasteiger partial charge in [-0.05, 0) is 32.0 Å². The van der Waals surface area contributed by atoms with Gasteiger partial charge in [0, 0.05) is 25.0 Å². The van der Waals surface area contributed by atoms with Crippen LogP contribution in [0, 0.1) is 13.8 Å². The molecule has 2 aliphatic heterocycles. The summed E-state index contributed by atoms with van der Waals surface area (Å²) < 4.78 is 7.32. The highest BCUT2D eigenvalue weighted by molar-refractivity contribution is 6.01. The van der Waals surface area contributed by atoms with Crippen molar-refractivity contribution in [3.8, 4) is 5.75 Å². The maximum absolute atomic E-state index is 12.5. The van der Waals surface area contributed by atoms with Gasteiger partial charge in [0.15, 0.2) is 18.2 Å². The second kappa shape index (κ2) is 5.87. The molecule has 0 N–H and O–H groups in total. The van der Waals surface area contributed by atoms with Crippen molar-refractivity contribution in [1.29, 1.82) is 0 Å². The van der Waals surface area contributed by atoms with Crippen molar-refractivity contribution in [3.63, 3.8) is 0 Å². The summed E-state index contributed by atoms with van der Waals surface area (Å²) in [5, 5.41) is 4.47. The molecule has 8 nitrogen and oxygen atoms in total. The summed E-state index contributed by atoms with van der Waals surface area (Å²) in [4.78, 5) is 32.0. The molecule has 2 aromatic heterocycles. The largest absolute Gasteiger partial charge is 0.480 e. The number of carbonyl (C=O) groups excluding carboxylic acids is 2.